The highest BCUT2D eigenvalue weighted by Gasteiger charge is 2.37. The molecule has 0 spiro atoms. The Kier molecular flexibility index (Phi) is 6.57. The second-order valence-electron chi connectivity index (χ2n) is 7.61. The zero-order valence-electron chi connectivity index (χ0n) is 18.3. The van der Waals surface area contributed by atoms with Crippen molar-refractivity contribution >= 4 is 33.5 Å². The molecule has 2 heterocycles. The number of hydrogen-bond acceptors (Lipinski definition) is 8. The largest absolute Gasteiger partial charge is 0.495 e. The number of nitrogens with two attached hydrogens (primary N) is 2. The van der Waals surface area contributed by atoms with Gasteiger partial charge in [0.05, 0.1) is 23.4 Å². The maximum Gasteiger partial charge on any atom is 0.417 e. The summed E-state index contributed by atoms with van der Waals surface area (Å²) in [7, 11) is -2.78. The lowest BCUT2D eigenvalue weighted by Gasteiger charge is -2.27. The van der Waals surface area contributed by atoms with Crippen LogP contribution >= 0.6 is 11.6 Å². The SMILES string of the molecule is COc1ccc(-c2c(Cl)cc(-n3nc(N)nc3N)cc2C(F)(F)F)cc1S(=O)(=O)N1CCNCC1. The highest BCUT2D eigenvalue weighted by Crippen LogP contribution is 2.44. The van der Waals surface area contributed by atoms with E-state index in [1.165, 1.54) is 29.6 Å². The lowest BCUT2D eigenvalue weighted by molar-refractivity contribution is -0.137. The first-order valence-corrected chi connectivity index (χ1v) is 12.0. The molecular formula is C20H21ClF3N7O3S. The molecule has 1 fully saturated rings. The topological polar surface area (TPSA) is 141 Å². The number of halogens is 4. The van der Waals surface area contributed by atoms with Crippen molar-refractivity contribution < 1.29 is 26.3 Å². The van der Waals surface area contributed by atoms with E-state index in [0.29, 0.717) is 13.1 Å². The van der Waals surface area contributed by atoms with Crippen LogP contribution in [-0.4, -0.2) is 60.8 Å². The fourth-order valence-electron chi connectivity index (χ4n) is 3.82. The lowest BCUT2D eigenvalue weighted by atomic mass is 9.98. The smallest absolute Gasteiger partial charge is 0.417 e. The summed E-state index contributed by atoms with van der Waals surface area (Å²) < 4.78 is 76.5. The number of nitrogens with one attached hydrogen (secondary N) is 1. The average molecular weight is 532 g/mol. The van der Waals surface area contributed by atoms with Gasteiger partial charge in [-0.3, -0.25) is 0 Å². The fourth-order valence-corrected chi connectivity index (χ4v) is 5.77. The number of rotatable bonds is 5. The van der Waals surface area contributed by atoms with Crippen LogP contribution in [-0.2, 0) is 16.2 Å². The van der Waals surface area contributed by atoms with Crippen molar-refractivity contribution in [2.45, 2.75) is 11.1 Å². The highest BCUT2D eigenvalue weighted by molar-refractivity contribution is 7.89. The molecule has 1 aliphatic rings. The number of anilines is 2. The van der Waals surface area contributed by atoms with Crippen LogP contribution in [0.2, 0.25) is 5.02 Å². The maximum absolute atomic E-state index is 14.2. The molecule has 188 valence electrons. The minimum Gasteiger partial charge on any atom is -0.495 e. The van der Waals surface area contributed by atoms with Crippen molar-refractivity contribution in [1.29, 1.82) is 0 Å². The molecule has 0 unspecified atom stereocenters. The summed E-state index contributed by atoms with van der Waals surface area (Å²) >= 11 is 6.34. The molecule has 35 heavy (non-hydrogen) atoms. The number of alkyl halides is 3. The van der Waals surface area contributed by atoms with Gasteiger partial charge in [0, 0.05) is 31.7 Å². The van der Waals surface area contributed by atoms with E-state index in [1.807, 2.05) is 0 Å². The van der Waals surface area contributed by atoms with Crippen molar-refractivity contribution in [3.63, 3.8) is 0 Å². The summed E-state index contributed by atoms with van der Waals surface area (Å²) in [6.07, 6.45) is -4.85. The van der Waals surface area contributed by atoms with Crippen LogP contribution < -0.4 is 21.5 Å². The van der Waals surface area contributed by atoms with E-state index < -0.39 is 27.3 Å². The van der Waals surface area contributed by atoms with Crippen LogP contribution in [0.15, 0.2) is 35.2 Å². The molecule has 0 saturated carbocycles. The van der Waals surface area contributed by atoms with Crippen LogP contribution in [0, 0.1) is 0 Å². The number of methoxy groups -OCH3 is 1. The molecule has 10 nitrogen and oxygen atoms in total. The standard InChI is InChI=1S/C20H21ClF3N7O3S/c1-34-15-3-2-11(8-16(15)35(32,33)30-6-4-27-5-7-30)17-13(20(22,23)24)9-12(10-14(17)21)31-19(26)28-18(25)29-31/h2-3,8-10,27H,4-7H2,1H3,(H4,25,26,28,29). The molecular weight excluding hydrogens is 511 g/mol. The van der Waals surface area contributed by atoms with Gasteiger partial charge in [-0.25, -0.2) is 8.42 Å². The second-order valence-corrected chi connectivity index (χ2v) is 9.92. The van der Waals surface area contributed by atoms with Gasteiger partial charge in [-0.15, -0.1) is 5.10 Å². The molecule has 0 radical (unpaired) electrons. The summed E-state index contributed by atoms with van der Waals surface area (Å²) in [6, 6.07) is 5.75. The number of nitrogen functional groups attached to an aromatic ring is 2. The van der Waals surface area contributed by atoms with Crippen LogP contribution in [0.25, 0.3) is 16.8 Å². The Balaban J connectivity index is 1.91. The molecule has 1 aliphatic heterocycles. The van der Waals surface area contributed by atoms with Gasteiger partial charge in [0.1, 0.15) is 10.6 Å². The van der Waals surface area contributed by atoms with Gasteiger partial charge in [0.25, 0.3) is 0 Å². The Labute approximate surface area is 203 Å². The third-order valence-corrected chi connectivity index (χ3v) is 7.64. The van der Waals surface area contributed by atoms with Crippen molar-refractivity contribution in [2.24, 2.45) is 0 Å². The van der Waals surface area contributed by atoms with Gasteiger partial charge in [0.2, 0.25) is 21.9 Å². The molecule has 1 aromatic heterocycles. The van der Waals surface area contributed by atoms with E-state index in [2.05, 4.69) is 15.4 Å². The molecule has 3 aromatic rings. The Morgan fingerprint density at radius 3 is 2.40 bits per heavy atom. The highest BCUT2D eigenvalue weighted by atomic mass is 35.5. The minimum absolute atomic E-state index is 0.000511. The number of benzene rings is 2. The predicted molar refractivity (Wildman–Crippen MR) is 124 cm³/mol. The predicted octanol–water partition coefficient (Wildman–Crippen LogP) is 2.37. The van der Waals surface area contributed by atoms with Gasteiger partial charge in [-0.2, -0.15) is 27.1 Å². The Morgan fingerprint density at radius 2 is 1.83 bits per heavy atom. The summed E-state index contributed by atoms with van der Waals surface area (Å²) in [4.78, 5) is 3.42. The Hall–Kier alpha value is -3.07. The number of aromatic nitrogens is 3. The van der Waals surface area contributed by atoms with Crippen LogP contribution in [0.3, 0.4) is 0 Å². The Bertz CT molecular complexity index is 1370. The zero-order valence-corrected chi connectivity index (χ0v) is 19.9. The van der Waals surface area contributed by atoms with Gasteiger partial charge < -0.3 is 21.5 Å². The number of piperazine rings is 1. The van der Waals surface area contributed by atoms with Crippen molar-refractivity contribution in [3.8, 4) is 22.6 Å². The van der Waals surface area contributed by atoms with Crippen molar-refractivity contribution in [1.82, 2.24) is 24.4 Å². The number of hydrogen-bond donors (Lipinski definition) is 3. The van der Waals surface area contributed by atoms with Gasteiger partial charge in [-0.05, 0) is 29.8 Å². The van der Waals surface area contributed by atoms with E-state index in [9.17, 15) is 21.6 Å². The Morgan fingerprint density at radius 1 is 1.14 bits per heavy atom. The van der Waals surface area contributed by atoms with Crippen LogP contribution in [0.5, 0.6) is 5.75 Å². The minimum atomic E-state index is -4.85. The van der Waals surface area contributed by atoms with Crippen molar-refractivity contribution in [2.75, 3.05) is 44.8 Å². The molecule has 15 heteroatoms. The average Bonchev–Trinajstić information content (AvgIpc) is 3.16. The third kappa shape index (κ3) is 4.74. The zero-order chi connectivity index (χ0) is 25.5. The monoisotopic (exact) mass is 531 g/mol. The number of sulfonamides is 1. The molecule has 0 amide bonds. The normalized spacial score (nSPS) is 15.3. The van der Waals surface area contributed by atoms with Gasteiger partial charge >= 0.3 is 6.18 Å². The molecule has 1 saturated heterocycles. The molecule has 2 aromatic carbocycles. The molecule has 4 rings (SSSR count). The van der Waals surface area contributed by atoms with E-state index in [4.69, 9.17) is 27.8 Å². The molecule has 0 aliphatic carbocycles. The summed E-state index contributed by atoms with van der Waals surface area (Å²) in [5.74, 6) is -0.457. The van der Waals surface area contributed by atoms with E-state index in [1.54, 1.807) is 0 Å². The van der Waals surface area contributed by atoms with E-state index in [-0.39, 0.29) is 51.9 Å². The summed E-state index contributed by atoms with van der Waals surface area (Å²) in [5.41, 5.74) is 9.48. The first-order chi connectivity index (χ1) is 16.4. The van der Waals surface area contributed by atoms with Crippen LogP contribution in [0.4, 0.5) is 25.1 Å². The molecule has 0 bridgehead atoms. The maximum atomic E-state index is 14.2. The van der Waals surface area contributed by atoms with E-state index in [0.717, 1.165) is 16.8 Å². The summed E-state index contributed by atoms with van der Waals surface area (Å²) in [5, 5.41) is 6.54. The van der Waals surface area contributed by atoms with Crippen LogP contribution in [0.1, 0.15) is 5.56 Å². The fraction of sp³-hybridized carbons (Fsp3) is 0.300. The summed E-state index contributed by atoms with van der Waals surface area (Å²) in [6.45, 7) is 1.31. The van der Waals surface area contributed by atoms with Gasteiger partial charge in [-0.1, -0.05) is 17.7 Å². The first-order valence-electron chi connectivity index (χ1n) is 10.2. The van der Waals surface area contributed by atoms with E-state index >= 15 is 0 Å². The first kappa shape index (κ1) is 25.0. The number of ether oxygens (including phenoxy) is 1. The van der Waals surface area contributed by atoms with Gasteiger partial charge in [0.15, 0.2) is 0 Å². The third-order valence-electron chi connectivity index (χ3n) is 5.42. The number of nitrogens with zero attached hydrogens (tertiary/aromatic N) is 4. The lowest BCUT2D eigenvalue weighted by Crippen LogP contribution is -2.46. The quantitative estimate of drug-likeness (QED) is 0.455. The van der Waals surface area contributed by atoms with Crippen molar-refractivity contribution in [3.05, 3.63) is 40.9 Å². The molecule has 5 N–H and O–H groups in total. The second kappa shape index (κ2) is 9.18. The molecule has 0 atom stereocenters.